The first-order valence-electron chi connectivity index (χ1n) is 10.2. The Hall–Kier alpha value is -0.963. The normalized spacial score (nSPS) is 22.8. The summed E-state index contributed by atoms with van der Waals surface area (Å²) in [5.41, 5.74) is 1.40. The molecule has 0 saturated carbocycles. The Morgan fingerprint density at radius 3 is 2.38 bits per heavy atom. The molecular weight excluding hydrogens is 404 g/mol. The molecule has 0 N–H and O–H groups in total. The SMILES string of the molecule is CC(C)(C)OC(=O)N1C(Cc2cscn2)C(CO[Si](C)(C)C(C)(C)C)OC1(C)C. The molecule has 2 heterocycles. The van der Waals surface area contributed by atoms with Crippen LogP contribution in [-0.2, 0) is 20.3 Å². The highest BCUT2D eigenvalue weighted by Crippen LogP contribution is 2.39. The van der Waals surface area contributed by atoms with Gasteiger partial charge in [0.2, 0.25) is 0 Å². The van der Waals surface area contributed by atoms with Gasteiger partial charge in [0.05, 0.1) is 23.9 Å². The van der Waals surface area contributed by atoms with Crippen molar-refractivity contribution in [2.24, 2.45) is 0 Å². The molecule has 0 spiro atoms. The van der Waals surface area contributed by atoms with Gasteiger partial charge in [-0.3, -0.25) is 4.90 Å². The number of amides is 1. The van der Waals surface area contributed by atoms with Crippen LogP contribution in [0.2, 0.25) is 18.1 Å². The zero-order chi connectivity index (χ0) is 22.3. The van der Waals surface area contributed by atoms with E-state index < -0.39 is 19.6 Å². The first kappa shape index (κ1) is 24.3. The molecule has 1 aliphatic heterocycles. The van der Waals surface area contributed by atoms with Crippen LogP contribution in [-0.4, -0.2) is 54.4 Å². The Morgan fingerprint density at radius 1 is 1.28 bits per heavy atom. The highest BCUT2D eigenvalue weighted by molar-refractivity contribution is 7.07. The number of hydrogen-bond acceptors (Lipinski definition) is 6. The third-order valence-electron chi connectivity index (χ3n) is 5.69. The molecule has 1 aliphatic rings. The summed E-state index contributed by atoms with van der Waals surface area (Å²) in [6.45, 7) is 21.0. The first-order chi connectivity index (χ1) is 13.0. The van der Waals surface area contributed by atoms with Crippen LogP contribution in [0, 0.1) is 0 Å². The van der Waals surface area contributed by atoms with E-state index in [1.165, 1.54) is 0 Å². The largest absolute Gasteiger partial charge is 0.444 e. The smallest absolute Gasteiger partial charge is 0.412 e. The van der Waals surface area contributed by atoms with Crippen molar-refractivity contribution in [3.05, 3.63) is 16.6 Å². The van der Waals surface area contributed by atoms with Gasteiger partial charge in [0, 0.05) is 11.8 Å². The van der Waals surface area contributed by atoms with Crippen molar-refractivity contribution >= 4 is 25.7 Å². The topological polar surface area (TPSA) is 60.9 Å². The number of carbonyl (C=O) groups is 1. The molecule has 2 unspecified atom stereocenters. The average Bonchev–Trinajstić information content (AvgIpc) is 3.08. The molecule has 1 saturated heterocycles. The van der Waals surface area contributed by atoms with Gasteiger partial charge in [-0.2, -0.15) is 0 Å². The molecule has 1 fully saturated rings. The minimum atomic E-state index is -1.94. The third-order valence-corrected chi connectivity index (χ3v) is 10.8. The van der Waals surface area contributed by atoms with Crippen molar-refractivity contribution in [3.8, 4) is 0 Å². The van der Waals surface area contributed by atoms with E-state index in [2.05, 4.69) is 38.8 Å². The third kappa shape index (κ3) is 6.03. The predicted molar refractivity (Wildman–Crippen MR) is 120 cm³/mol. The van der Waals surface area contributed by atoms with E-state index in [1.54, 1.807) is 16.2 Å². The van der Waals surface area contributed by atoms with Gasteiger partial charge >= 0.3 is 6.09 Å². The van der Waals surface area contributed by atoms with E-state index in [0.29, 0.717) is 13.0 Å². The highest BCUT2D eigenvalue weighted by Gasteiger charge is 2.52. The summed E-state index contributed by atoms with van der Waals surface area (Å²) < 4.78 is 18.5. The summed E-state index contributed by atoms with van der Waals surface area (Å²) >= 11 is 1.55. The van der Waals surface area contributed by atoms with Crippen molar-refractivity contribution in [1.29, 1.82) is 0 Å². The monoisotopic (exact) mass is 442 g/mol. The fraction of sp³-hybridized carbons (Fsp3) is 0.810. The van der Waals surface area contributed by atoms with Crippen LogP contribution in [0.4, 0.5) is 4.79 Å². The number of nitrogens with zero attached hydrogens (tertiary/aromatic N) is 2. The van der Waals surface area contributed by atoms with Crippen LogP contribution in [0.15, 0.2) is 10.9 Å². The lowest BCUT2D eigenvalue weighted by Gasteiger charge is -2.37. The molecule has 8 heteroatoms. The van der Waals surface area contributed by atoms with E-state index in [9.17, 15) is 4.79 Å². The van der Waals surface area contributed by atoms with E-state index >= 15 is 0 Å². The Labute approximate surface area is 181 Å². The van der Waals surface area contributed by atoms with Crippen LogP contribution in [0.3, 0.4) is 0 Å². The number of carbonyl (C=O) groups excluding carboxylic acids is 1. The second-order valence-electron chi connectivity index (χ2n) is 10.8. The van der Waals surface area contributed by atoms with Gasteiger partial charge in [-0.05, 0) is 52.8 Å². The van der Waals surface area contributed by atoms with Crippen molar-refractivity contribution in [1.82, 2.24) is 9.88 Å². The van der Waals surface area contributed by atoms with E-state index in [4.69, 9.17) is 13.9 Å². The quantitative estimate of drug-likeness (QED) is 0.568. The number of thiazole rings is 1. The molecule has 1 aromatic rings. The maximum Gasteiger partial charge on any atom is 0.412 e. The van der Waals surface area contributed by atoms with Crippen molar-refractivity contribution in [2.45, 2.75) is 103 Å². The second-order valence-corrected chi connectivity index (χ2v) is 16.3. The summed E-state index contributed by atoms with van der Waals surface area (Å²) in [6, 6.07) is -0.202. The van der Waals surface area contributed by atoms with Gasteiger partial charge in [0.25, 0.3) is 0 Å². The standard InChI is InChI=1S/C21H38N2O4SSi/c1-19(2,3)27-18(24)23-16(11-15-13-28-14-22-15)17(26-21(23,7)8)12-25-29(9,10)20(4,5)6/h13-14,16-17H,11-12H2,1-10H3. The molecule has 0 aliphatic carbocycles. The molecule has 1 amide bonds. The minimum absolute atomic E-state index is 0.108. The average molecular weight is 443 g/mol. The summed E-state index contributed by atoms with van der Waals surface area (Å²) in [6.07, 6.45) is 0.00318. The summed E-state index contributed by atoms with van der Waals surface area (Å²) in [5, 5.41) is 2.13. The van der Waals surface area contributed by atoms with Gasteiger partial charge in [-0.1, -0.05) is 20.8 Å². The fourth-order valence-electron chi connectivity index (χ4n) is 3.17. The number of hydrogen-bond donors (Lipinski definition) is 0. The van der Waals surface area contributed by atoms with Crippen LogP contribution < -0.4 is 0 Å². The number of aromatic nitrogens is 1. The highest BCUT2D eigenvalue weighted by atomic mass is 32.1. The van der Waals surface area contributed by atoms with Gasteiger partial charge in [0.1, 0.15) is 17.4 Å². The van der Waals surface area contributed by atoms with Crippen molar-refractivity contribution < 1.29 is 18.7 Å². The van der Waals surface area contributed by atoms with Crippen LogP contribution in [0.1, 0.15) is 61.1 Å². The second kappa shape index (κ2) is 8.28. The van der Waals surface area contributed by atoms with Gasteiger partial charge in [0.15, 0.2) is 8.32 Å². The molecule has 166 valence electrons. The van der Waals surface area contributed by atoms with Crippen LogP contribution in [0.25, 0.3) is 0 Å². The molecule has 0 radical (unpaired) electrons. The summed E-state index contributed by atoms with van der Waals surface area (Å²) in [4.78, 5) is 19.3. The van der Waals surface area contributed by atoms with Crippen LogP contribution >= 0.6 is 11.3 Å². The zero-order valence-corrected chi connectivity index (χ0v) is 21.5. The van der Waals surface area contributed by atoms with Crippen molar-refractivity contribution in [3.63, 3.8) is 0 Å². The predicted octanol–water partition coefficient (Wildman–Crippen LogP) is 5.45. The van der Waals surface area contributed by atoms with Crippen molar-refractivity contribution in [2.75, 3.05) is 6.61 Å². The Bertz CT molecular complexity index is 693. The van der Waals surface area contributed by atoms with E-state index in [1.807, 2.05) is 45.5 Å². The number of rotatable bonds is 5. The molecule has 0 bridgehead atoms. The fourth-order valence-corrected chi connectivity index (χ4v) is 4.75. The lowest BCUT2D eigenvalue weighted by molar-refractivity contribution is -0.0855. The molecular formula is C21H38N2O4SSi. The molecule has 29 heavy (non-hydrogen) atoms. The van der Waals surface area contributed by atoms with Gasteiger partial charge in [-0.15, -0.1) is 11.3 Å². The van der Waals surface area contributed by atoms with E-state index in [-0.39, 0.29) is 23.3 Å². The summed E-state index contributed by atoms with van der Waals surface area (Å²) in [7, 11) is -1.94. The molecule has 0 aromatic carbocycles. The lowest BCUT2D eigenvalue weighted by Crippen LogP contribution is -2.51. The van der Waals surface area contributed by atoms with Gasteiger partial charge < -0.3 is 13.9 Å². The molecule has 1 aromatic heterocycles. The zero-order valence-electron chi connectivity index (χ0n) is 19.7. The molecule has 6 nitrogen and oxygen atoms in total. The Morgan fingerprint density at radius 2 is 1.90 bits per heavy atom. The Balaban J connectivity index is 2.28. The minimum Gasteiger partial charge on any atom is -0.444 e. The first-order valence-corrected chi connectivity index (χ1v) is 14.1. The van der Waals surface area contributed by atoms with E-state index in [0.717, 1.165) is 5.69 Å². The maximum absolute atomic E-state index is 13.1. The van der Waals surface area contributed by atoms with Crippen LogP contribution in [0.5, 0.6) is 0 Å². The summed E-state index contributed by atoms with van der Waals surface area (Å²) in [5.74, 6) is 0. The molecule has 2 atom stereocenters. The molecule has 2 rings (SSSR count). The number of ether oxygens (including phenoxy) is 2. The lowest BCUT2D eigenvalue weighted by atomic mass is 10.1. The Kier molecular flexibility index (Phi) is 6.94. The van der Waals surface area contributed by atoms with Gasteiger partial charge in [-0.25, -0.2) is 9.78 Å². The maximum atomic E-state index is 13.1.